The Morgan fingerprint density at radius 1 is 1.39 bits per heavy atom. The molecule has 0 unspecified atom stereocenters. The predicted molar refractivity (Wildman–Crippen MR) is 82.0 cm³/mol. The molecule has 3 rings (SSSR count). The number of carbonyl (C=O) groups is 1. The number of nitrogens with one attached hydrogen (secondary N) is 1. The van der Waals surface area contributed by atoms with Crippen LogP contribution in [0.15, 0.2) is 10.7 Å². The maximum Gasteiger partial charge on any atom is 0.265 e. The lowest BCUT2D eigenvalue weighted by Crippen LogP contribution is -2.36. The van der Waals surface area contributed by atoms with Gasteiger partial charge in [0.15, 0.2) is 5.82 Å². The largest absolute Gasteiger partial charge is 0.381 e. The van der Waals surface area contributed by atoms with E-state index in [1.807, 2.05) is 13.8 Å². The van der Waals surface area contributed by atoms with E-state index in [-0.39, 0.29) is 23.8 Å². The third-order valence-electron chi connectivity index (χ3n) is 3.85. The highest BCUT2D eigenvalue weighted by Gasteiger charge is 2.32. The summed E-state index contributed by atoms with van der Waals surface area (Å²) < 4.78 is 14.5. The van der Waals surface area contributed by atoms with Gasteiger partial charge in [-0.3, -0.25) is 4.79 Å². The molecule has 0 aliphatic carbocycles. The van der Waals surface area contributed by atoms with Crippen molar-refractivity contribution in [3.63, 3.8) is 0 Å². The van der Waals surface area contributed by atoms with Gasteiger partial charge in [0.1, 0.15) is 10.9 Å². The van der Waals surface area contributed by atoms with E-state index in [0.717, 1.165) is 24.4 Å². The first-order valence-corrected chi connectivity index (χ1v) is 8.42. The Kier molecular flexibility index (Phi) is 4.97. The van der Waals surface area contributed by atoms with Gasteiger partial charge < -0.3 is 14.6 Å². The first kappa shape index (κ1) is 16.0. The molecule has 0 saturated carbocycles. The molecule has 2 aromatic heterocycles. The van der Waals surface area contributed by atoms with E-state index in [2.05, 4.69) is 25.0 Å². The first-order chi connectivity index (χ1) is 11.1. The number of ether oxygens (including phenoxy) is 1. The second-order valence-corrected chi connectivity index (χ2v) is 6.61. The van der Waals surface area contributed by atoms with Crippen molar-refractivity contribution in [2.24, 2.45) is 5.92 Å². The Balaban J connectivity index is 1.81. The van der Waals surface area contributed by atoms with Gasteiger partial charge in [0, 0.05) is 19.1 Å². The zero-order valence-electron chi connectivity index (χ0n) is 13.1. The molecule has 2 aromatic rings. The highest BCUT2D eigenvalue weighted by molar-refractivity contribution is 7.07. The zero-order chi connectivity index (χ0) is 16.2. The van der Waals surface area contributed by atoms with Gasteiger partial charge in [0.05, 0.1) is 6.20 Å². The molecule has 8 nitrogen and oxygen atoms in total. The van der Waals surface area contributed by atoms with Crippen LogP contribution in [-0.2, 0) is 4.74 Å². The number of nitrogens with zero attached hydrogens (tertiary/aromatic N) is 4. The fourth-order valence-corrected chi connectivity index (χ4v) is 2.94. The molecule has 1 aliphatic rings. The van der Waals surface area contributed by atoms with Crippen molar-refractivity contribution < 1.29 is 14.1 Å². The minimum atomic E-state index is -0.325. The van der Waals surface area contributed by atoms with Gasteiger partial charge in [-0.1, -0.05) is 23.5 Å². The van der Waals surface area contributed by atoms with E-state index in [0.29, 0.717) is 29.8 Å². The van der Waals surface area contributed by atoms with Crippen LogP contribution in [0.4, 0.5) is 0 Å². The van der Waals surface area contributed by atoms with Gasteiger partial charge in [-0.25, -0.2) is 0 Å². The summed E-state index contributed by atoms with van der Waals surface area (Å²) in [6.45, 7) is 5.34. The number of hydrogen-bond donors (Lipinski definition) is 1. The second-order valence-electron chi connectivity index (χ2n) is 5.83. The van der Waals surface area contributed by atoms with Crippen molar-refractivity contribution >= 4 is 17.4 Å². The molecular formula is C14H19N5O3S. The fourth-order valence-electron chi connectivity index (χ4n) is 2.52. The molecule has 3 heterocycles. The second kappa shape index (κ2) is 7.14. The normalized spacial score (nSPS) is 17.3. The van der Waals surface area contributed by atoms with E-state index < -0.39 is 0 Å². The predicted octanol–water partition coefficient (Wildman–Crippen LogP) is 1.94. The summed E-state index contributed by atoms with van der Waals surface area (Å²) in [6.07, 6.45) is 3.13. The molecule has 0 bridgehead atoms. The number of amides is 1. The van der Waals surface area contributed by atoms with Gasteiger partial charge >= 0.3 is 0 Å². The van der Waals surface area contributed by atoms with Crippen LogP contribution in [0.1, 0.15) is 60.0 Å². The van der Waals surface area contributed by atoms with Gasteiger partial charge in [-0.2, -0.15) is 4.98 Å². The highest BCUT2D eigenvalue weighted by Crippen LogP contribution is 2.30. The molecule has 9 heteroatoms. The van der Waals surface area contributed by atoms with Gasteiger partial charge in [-0.15, -0.1) is 5.10 Å². The SMILES string of the molecule is CC(C)c1noc([C@H](NC(=O)c2cnns2)C2CCOCC2)n1. The Hall–Kier alpha value is -1.87. The first-order valence-electron chi connectivity index (χ1n) is 7.64. The van der Waals surface area contributed by atoms with E-state index in [1.165, 1.54) is 6.20 Å². The summed E-state index contributed by atoms with van der Waals surface area (Å²) in [7, 11) is 0. The Morgan fingerprint density at radius 2 is 2.17 bits per heavy atom. The maximum atomic E-state index is 12.4. The van der Waals surface area contributed by atoms with E-state index >= 15 is 0 Å². The Bertz CT molecular complexity index is 637. The van der Waals surface area contributed by atoms with Crippen LogP contribution in [0.3, 0.4) is 0 Å². The van der Waals surface area contributed by atoms with Crippen molar-refractivity contribution in [3.8, 4) is 0 Å². The molecule has 0 spiro atoms. The number of hydrogen-bond acceptors (Lipinski definition) is 8. The summed E-state index contributed by atoms with van der Waals surface area (Å²) in [4.78, 5) is 17.3. The van der Waals surface area contributed by atoms with E-state index in [1.54, 1.807) is 0 Å². The summed E-state index contributed by atoms with van der Waals surface area (Å²) in [5.74, 6) is 1.25. The van der Waals surface area contributed by atoms with Crippen LogP contribution in [0, 0.1) is 5.92 Å². The lowest BCUT2D eigenvalue weighted by molar-refractivity contribution is 0.0468. The molecule has 1 amide bonds. The van der Waals surface area contributed by atoms with Gasteiger partial charge in [0.2, 0.25) is 5.89 Å². The van der Waals surface area contributed by atoms with E-state index in [9.17, 15) is 4.79 Å². The molecule has 1 saturated heterocycles. The molecule has 1 N–H and O–H groups in total. The summed E-state index contributed by atoms with van der Waals surface area (Å²) >= 11 is 1.06. The molecule has 0 radical (unpaired) electrons. The fraction of sp³-hybridized carbons (Fsp3) is 0.643. The van der Waals surface area contributed by atoms with Gasteiger partial charge in [-0.05, 0) is 30.3 Å². The van der Waals surface area contributed by atoms with Crippen molar-refractivity contribution in [3.05, 3.63) is 22.8 Å². The molecule has 1 fully saturated rings. The third kappa shape index (κ3) is 3.73. The standard InChI is InChI=1S/C14H19N5O3S/c1-8(2)12-17-14(22-18-12)11(9-3-5-21-6-4-9)16-13(20)10-7-15-19-23-10/h7-9,11H,3-6H2,1-2H3,(H,16,20)/t11-/m1/s1. The quantitative estimate of drug-likeness (QED) is 0.889. The Morgan fingerprint density at radius 3 is 2.78 bits per heavy atom. The van der Waals surface area contributed by atoms with Crippen LogP contribution in [0.25, 0.3) is 0 Å². The van der Waals surface area contributed by atoms with Crippen LogP contribution in [0.5, 0.6) is 0 Å². The lowest BCUT2D eigenvalue weighted by Gasteiger charge is -2.28. The molecule has 0 aromatic carbocycles. The molecule has 124 valence electrons. The summed E-state index contributed by atoms with van der Waals surface area (Å²) in [5.41, 5.74) is 0. The van der Waals surface area contributed by atoms with Gasteiger partial charge in [0.25, 0.3) is 5.91 Å². The molecule has 1 aliphatic heterocycles. The Labute approximate surface area is 137 Å². The molecule has 1 atom stereocenters. The van der Waals surface area contributed by atoms with E-state index in [4.69, 9.17) is 9.26 Å². The summed E-state index contributed by atoms with van der Waals surface area (Å²) in [5, 5.41) is 10.7. The minimum absolute atomic E-state index is 0.171. The topological polar surface area (TPSA) is 103 Å². The van der Waals surface area contributed by atoms with Crippen molar-refractivity contribution in [2.75, 3.05) is 13.2 Å². The number of rotatable bonds is 5. The zero-order valence-corrected chi connectivity index (χ0v) is 13.9. The van der Waals surface area contributed by atoms with Crippen molar-refractivity contribution in [1.82, 2.24) is 25.0 Å². The van der Waals surface area contributed by atoms with Crippen LogP contribution < -0.4 is 5.32 Å². The van der Waals surface area contributed by atoms with Crippen molar-refractivity contribution in [1.29, 1.82) is 0 Å². The monoisotopic (exact) mass is 337 g/mol. The third-order valence-corrected chi connectivity index (χ3v) is 4.51. The number of carbonyl (C=O) groups excluding carboxylic acids is 1. The van der Waals surface area contributed by atoms with Crippen molar-refractivity contribution in [2.45, 2.75) is 38.6 Å². The average Bonchev–Trinajstić information content (AvgIpc) is 3.24. The minimum Gasteiger partial charge on any atom is -0.381 e. The molecular weight excluding hydrogens is 318 g/mol. The summed E-state index contributed by atoms with van der Waals surface area (Å²) in [6, 6.07) is -0.325. The van der Waals surface area contributed by atoms with Crippen LogP contribution in [0.2, 0.25) is 0 Å². The number of aromatic nitrogens is 4. The average molecular weight is 337 g/mol. The lowest BCUT2D eigenvalue weighted by atomic mass is 9.91. The highest BCUT2D eigenvalue weighted by atomic mass is 32.1. The maximum absolute atomic E-state index is 12.4. The smallest absolute Gasteiger partial charge is 0.265 e. The van der Waals surface area contributed by atoms with Crippen LogP contribution >= 0.6 is 11.5 Å². The van der Waals surface area contributed by atoms with Crippen LogP contribution in [-0.4, -0.2) is 38.8 Å². The molecule has 23 heavy (non-hydrogen) atoms.